The smallest absolute Gasteiger partial charge is 0.251 e. The lowest BCUT2D eigenvalue weighted by atomic mass is 10.2. The minimum atomic E-state index is -0.329. The van der Waals surface area contributed by atoms with E-state index in [1.165, 1.54) is 0 Å². The summed E-state index contributed by atoms with van der Waals surface area (Å²) in [6.07, 6.45) is 0. The van der Waals surface area contributed by atoms with Crippen LogP contribution in [0.4, 0.5) is 0 Å². The molecule has 1 aliphatic rings. The van der Waals surface area contributed by atoms with Gasteiger partial charge in [0.15, 0.2) is 11.5 Å². The lowest BCUT2D eigenvalue weighted by Crippen LogP contribution is -2.36. The third-order valence-electron chi connectivity index (χ3n) is 3.44. The summed E-state index contributed by atoms with van der Waals surface area (Å²) in [5, 5.41) is 5.84. The predicted octanol–water partition coefficient (Wildman–Crippen LogP) is 2.11. The van der Waals surface area contributed by atoms with E-state index >= 15 is 0 Å². The van der Waals surface area contributed by atoms with Crippen molar-refractivity contribution in [1.29, 1.82) is 0 Å². The van der Waals surface area contributed by atoms with E-state index < -0.39 is 0 Å². The van der Waals surface area contributed by atoms with Crippen molar-refractivity contribution in [1.82, 2.24) is 10.6 Å². The molecule has 0 bridgehead atoms. The predicted molar refractivity (Wildman–Crippen MR) is 88.2 cm³/mol. The number of rotatable bonds is 5. The van der Waals surface area contributed by atoms with E-state index in [9.17, 15) is 9.59 Å². The van der Waals surface area contributed by atoms with Crippen molar-refractivity contribution in [3.8, 4) is 11.5 Å². The van der Waals surface area contributed by atoms with Gasteiger partial charge in [-0.05, 0) is 42.0 Å². The van der Waals surface area contributed by atoms with E-state index in [4.69, 9.17) is 21.1 Å². The number of benzene rings is 2. The van der Waals surface area contributed by atoms with Crippen molar-refractivity contribution < 1.29 is 19.1 Å². The largest absolute Gasteiger partial charge is 0.454 e. The molecule has 0 aliphatic carbocycles. The summed E-state index contributed by atoms with van der Waals surface area (Å²) in [4.78, 5) is 23.7. The molecule has 2 aromatic rings. The highest BCUT2D eigenvalue weighted by molar-refractivity contribution is 6.30. The Morgan fingerprint density at radius 2 is 1.75 bits per heavy atom. The number of hydrogen-bond donors (Lipinski definition) is 2. The number of fused-ring (bicyclic) bond motifs is 1. The molecule has 0 radical (unpaired) electrons. The van der Waals surface area contributed by atoms with E-state index in [2.05, 4.69) is 10.6 Å². The summed E-state index contributed by atoms with van der Waals surface area (Å²) in [6.45, 7) is 0.445. The lowest BCUT2D eigenvalue weighted by Gasteiger charge is -2.08. The maximum Gasteiger partial charge on any atom is 0.251 e. The fraction of sp³-hybridized carbons (Fsp3) is 0.176. The summed E-state index contributed by atoms with van der Waals surface area (Å²) < 4.78 is 10.5. The molecular weight excluding hydrogens is 332 g/mol. The minimum absolute atomic E-state index is 0.105. The SMILES string of the molecule is O=C(CNC(=O)c1ccc(Cl)cc1)NCc1ccc2c(c1)OCO2. The number of ether oxygens (including phenoxy) is 2. The summed E-state index contributed by atoms with van der Waals surface area (Å²) in [7, 11) is 0. The molecule has 3 rings (SSSR count). The average molecular weight is 347 g/mol. The van der Waals surface area contributed by atoms with E-state index in [1.54, 1.807) is 30.3 Å². The maximum absolute atomic E-state index is 11.9. The highest BCUT2D eigenvalue weighted by Crippen LogP contribution is 2.32. The zero-order valence-corrected chi connectivity index (χ0v) is 13.4. The van der Waals surface area contributed by atoms with Crippen molar-refractivity contribution >= 4 is 23.4 Å². The number of halogens is 1. The van der Waals surface area contributed by atoms with Gasteiger partial charge in [-0.2, -0.15) is 0 Å². The Morgan fingerprint density at radius 3 is 2.54 bits per heavy atom. The number of nitrogens with one attached hydrogen (secondary N) is 2. The van der Waals surface area contributed by atoms with Gasteiger partial charge >= 0.3 is 0 Å². The summed E-state index contributed by atoms with van der Waals surface area (Å²) in [5.74, 6) is 0.748. The third kappa shape index (κ3) is 3.97. The summed E-state index contributed by atoms with van der Waals surface area (Å²) >= 11 is 5.77. The van der Waals surface area contributed by atoms with Gasteiger partial charge in [-0.3, -0.25) is 9.59 Å². The van der Waals surface area contributed by atoms with Gasteiger partial charge in [0.2, 0.25) is 12.7 Å². The Kier molecular flexibility index (Phi) is 4.86. The van der Waals surface area contributed by atoms with Gasteiger partial charge in [-0.15, -0.1) is 0 Å². The quantitative estimate of drug-likeness (QED) is 0.869. The van der Waals surface area contributed by atoms with Gasteiger partial charge in [-0.25, -0.2) is 0 Å². The lowest BCUT2D eigenvalue weighted by molar-refractivity contribution is -0.120. The van der Waals surface area contributed by atoms with Crippen LogP contribution in [0, 0.1) is 0 Å². The molecule has 1 heterocycles. The Morgan fingerprint density at radius 1 is 1.00 bits per heavy atom. The van der Waals surface area contributed by atoms with Gasteiger partial charge < -0.3 is 20.1 Å². The number of carbonyl (C=O) groups excluding carboxylic acids is 2. The van der Waals surface area contributed by atoms with E-state index in [0.29, 0.717) is 28.6 Å². The monoisotopic (exact) mass is 346 g/mol. The molecular formula is C17H15ClN2O4. The second-order valence-electron chi connectivity index (χ2n) is 5.15. The van der Waals surface area contributed by atoms with Crippen molar-refractivity contribution in [3.63, 3.8) is 0 Å². The van der Waals surface area contributed by atoms with Crippen molar-refractivity contribution in [2.24, 2.45) is 0 Å². The number of amides is 2. The number of carbonyl (C=O) groups is 2. The Labute approximate surface area is 143 Å². The third-order valence-corrected chi connectivity index (χ3v) is 3.69. The zero-order chi connectivity index (χ0) is 16.9. The van der Waals surface area contributed by atoms with E-state index in [1.807, 2.05) is 12.1 Å². The first kappa shape index (κ1) is 16.1. The average Bonchev–Trinajstić information content (AvgIpc) is 3.06. The molecule has 7 heteroatoms. The van der Waals surface area contributed by atoms with E-state index in [0.717, 1.165) is 5.56 Å². The molecule has 2 aromatic carbocycles. The zero-order valence-electron chi connectivity index (χ0n) is 12.7. The molecule has 0 spiro atoms. The molecule has 0 aromatic heterocycles. The molecule has 0 unspecified atom stereocenters. The van der Waals surface area contributed by atoms with Crippen LogP contribution in [0.1, 0.15) is 15.9 Å². The van der Waals surface area contributed by atoms with Crippen LogP contribution in [0.25, 0.3) is 0 Å². The van der Waals surface area contributed by atoms with Crippen molar-refractivity contribution in [3.05, 3.63) is 58.6 Å². The summed E-state index contributed by atoms with van der Waals surface area (Å²) in [6, 6.07) is 11.9. The van der Waals surface area contributed by atoms with Crippen LogP contribution in [-0.4, -0.2) is 25.2 Å². The van der Waals surface area contributed by atoms with Gasteiger partial charge in [-0.1, -0.05) is 17.7 Å². The first-order valence-corrected chi connectivity index (χ1v) is 7.68. The Hall–Kier alpha value is -2.73. The molecule has 2 amide bonds. The second-order valence-corrected chi connectivity index (χ2v) is 5.59. The van der Waals surface area contributed by atoms with Crippen LogP contribution in [-0.2, 0) is 11.3 Å². The van der Waals surface area contributed by atoms with Gasteiger partial charge in [0, 0.05) is 17.1 Å². The van der Waals surface area contributed by atoms with Gasteiger partial charge in [0.1, 0.15) is 0 Å². The number of hydrogen-bond acceptors (Lipinski definition) is 4. The highest BCUT2D eigenvalue weighted by atomic mass is 35.5. The molecule has 6 nitrogen and oxygen atoms in total. The van der Waals surface area contributed by atoms with Gasteiger partial charge in [0.25, 0.3) is 5.91 Å². The first-order chi connectivity index (χ1) is 11.6. The first-order valence-electron chi connectivity index (χ1n) is 7.31. The minimum Gasteiger partial charge on any atom is -0.454 e. The standard InChI is InChI=1S/C17H15ClN2O4/c18-13-4-2-12(3-5-13)17(22)20-9-16(21)19-8-11-1-6-14-15(7-11)24-10-23-14/h1-7H,8-10H2,(H,19,21)(H,20,22). The topological polar surface area (TPSA) is 76.7 Å². The van der Waals surface area contributed by atoms with Crippen molar-refractivity contribution in [2.75, 3.05) is 13.3 Å². The van der Waals surface area contributed by atoms with Crippen LogP contribution >= 0.6 is 11.6 Å². The highest BCUT2D eigenvalue weighted by Gasteiger charge is 2.13. The maximum atomic E-state index is 11.9. The molecule has 0 atom stereocenters. The van der Waals surface area contributed by atoms with Crippen LogP contribution in [0.5, 0.6) is 11.5 Å². The van der Waals surface area contributed by atoms with Crippen LogP contribution in [0.3, 0.4) is 0 Å². The molecule has 124 valence electrons. The fourth-order valence-corrected chi connectivity index (χ4v) is 2.30. The molecule has 0 saturated heterocycles. The molecule has 0 saturated carbocycles. The van der Waals surface area contributed by atoms with Crippen LogP contribution < -0.4 is 20.1 Å². The second kappa shape index (κ2) is 7.23. The van der Waals surface area contributed by atoms with Crippen molar-refractivity contribution in [2.45, 2.75) is 6.54 Å². The fourth-order valence-electron chi connectivity index (χ4n) is 2.18. The molecule has 1 aliphatic heterocycles. The van der Waals surface area contributed by atoms with Crippen LogP contribution in [0.2, 0.25) is 5.02 Å². The molecule has 2 N–H and O–H groups in total. The van der Waals surface area contributed by atoms with E-state index in [-0.39, 0.29) is 25.2 Å². The Bertz CT molecular complexity index is 762. The Balaban J connectivity index is 1.46. The molecule has 24 heavy (non-hydrogen) atoms. The van der Waals surface area contributed by atoms with Crippen LogP contribution in [0.15, 0.2) is 42.5 Å². The van der Waals surface area contributed by atoms with Gasteiger partial charge in [0.05, 0.1) is 6.54 Å². The normalized spacial score (nSPS) is 11.9. The molecule has 0 fully saturated rings. The summed E-state index contributed by atoms with van der Waals surface area (Å²) in [5.41, 5.74) is 1.33.